The summed E-state index contributed by atoms with van der Waals surface area (Å²) in [7, 11) is 2.06. The maximum absolute atomic E-state index is 9.75. The zero-order valence-electron chi connectivity index (χ0n) is 17.1. The van der Waals surface area contributed by atoms with Crippen LogP contribution in [0.25, 0.3) is 33.2 Å². The van der Waals surface area contributed by atoms with Crippen molar-refractivity contribution in [2.75, 3.05) is 0 Å². The number of benzene rings is 2. The molecule has 0 bridgehead atoms. The summed E-state index contributed by atoms with van der Waals surface area (Å²) in [6.07, 6.45) is 2.91. The van der Waals surface area contributed by atoms with Crippen LogP contribution < -0.4 is 4.57 Å². The Kier molecular flexibility index (Phi) is 4.43. The predicted molar refractivity (Wildman–Crippen MR) is 113 cm³/mol. The van der Waals surface area contributed by atoms with E-state index in [1.807, 2.05) is 19.1 Å². The fourth-order valence-corrected chi connectivity index (χ4v) is 4.16. The van der Waals surface area contributed by atoms with Crippen LogP contribution in [0.5, 0.6) is 0 Å². The van der Waals surface area contributed by atoms with Gasteiger partial charge >= 0.3 is 0 Å². The van der Waals surface area contributed by atoms with E-state index in [1.165, 1.54) is 5.56 Å². The number of hydrogen-bond donors (Lipinski definition) is 0. The van der Waals surface area contributed by atoms with Gasteiger partial charge in [-0.3, -0.25) is 0 Å². The van der Waals surface area contributed by atoms with Crippen molar-refractivity contribution in [1.29, 1.82) is 5.26 Å². The third-order valence-electron chi connectivity index (χ3n) is 5.46. The predicted octanol–water partition coefficient (Wildman–Crippen LogP) is 5.76. The maximum Gasteiger partial charge on any atom is 0.216 e. The second-order valence-corrected chi connectivity index (χ2v) is 8.07. The highest BCUT2D eigenvalue weighted by atomic mass is 16.3. The molecule has 2 aromatic carbocycles. The summed E-state index contributed by atoms with van der Waals surface area (Å²) in [5.41, 5.74) is 8.08. The van der Waals surface area contributed by atoms with Gasteiger partial charge in [0, 0.05) is 22.9 Å². The highest BCUT2D eigenvalue weighted by Crippen LogP contribution is 2.40. The molecule has 0 aliphatic heterocycles. The lowest BCUT2D eigenvalue weighted by Crippen LogP contribution is -2.30. The maximum atomic E-state index is 9.75. The molecule has 140 valence electrons. The molecule has 0 unspecified atom stereocenters. The molecule has 0 atom stereocenters. The van der Waals surface area contributed by atoms with Crippen molar-refractivity contribution in [2.24, 2.45) is 13.0 Å². The average molecular weight is 369 g/mol. The molecule has 0 spiro atoms. The summed E-state index contributed by atoms with van der Waals surface area (Å²) in [6.45, 7) is 8.53. The van der Waals surface area contributed by atoms with Gasteiger partial charge in [0.2, 0.25) is 5.69 Å². The molecule has 4 rings (SSSR count). The fourth-order valence-electron chi connectivity index (χ4n) is 4.16. The average Bonchev–Trinajstić information content (AvgIpc) is 3.04. The van der Waals surface area contributed by atoms with E-state index in [1.54, 1.807) is 0 Å². The van der Waals surface area contributed by atoms with Gasteiger partial charge in [-0.1, -0.05) is 26.0 Å². The lowest BCUT2D eigenvalue weighted by Gasteiger charge is -2.10. The molecule has 0 N–H and O–H groups in total. The number of nitriles is 1. The van der Waals surface area contributed by atoms with Gasteiger partial charge in [0.05, 0.1) is 17.2 Å². The third kappa shape index (κ3) is 2.77. The molecular weight excluding hydrogens is 344 g/mol. The fraction of sp³-hybridized carbons (Fsp3) is 0.280. The molecule has 0 fully saturated rings. The van der Waals surface area contributed by atoms with Crippen molar-refractivity contribution in [1.82, 2.24) is 0 Å². The normalized spacial score (nSPS) is 11.5. The molecule has 0 radical (unpaired) electrons. The highest BCUT2D eigenvalue weighted by molar-refractivity contribution is 6.12. The van der Waals surface area contributed by atoms with E-state index in [4.69, 9.17) is 4.42 Å². The number of nitrogens with zero attached hydrogens (tertiary/aromatic N) is 2. The zero-order valence-corrected chi connectivity index (χ0v) is 17.1. The van der Waals surface area contributed by atoms with Crippen LogP contribution in [0, 0.1) is 31.1 Å². The van der Waals surface area contributed by atoms with E-state index in [9.17, 15) is 5.26 Å². The van der Waals surface area contributed by atoms with Gasteiger partial charge in [-0.25, -0.2) is 4.57 Å². The molecule has 2 heterocycles. The second-order valence-electron chi connectivity index (χ2n) is 8.07. The molecule has 0 aliphatic carbocycles. The Morgan fingerprint density at radius 2 is 1.86 bits per heavy atom. The largest absolute Gasteiger partial charge is 0.455 e. The third-order valence-corrected chi connectivity index (χ3v) is 5.46. The van der Waals surface area contributed by atoms with Crippen LogP contribution in [-0.4, -0.2) is 0 Å². The van der Waals surface area contributed by atoms with Gasteiger partial charge in [-0.2, -0.15) is 5.26 Å². The van der Waals surface area contributed by atoms with E-state index in [-0.39, 0.29) is 0 Å². The number of furan rings is 1. The molecule has 28 heavy (non-hydrogen) atoms. The van der Waals surface area contributed by atoms with Crippen molar-refractivity contribution in [3.63, 3.8) is 0 Å². The highest BCUT2D eigenvalue weighted by Gasteiger charge is 2.23. The minimum absolute atomic E-state index is 0.458. The topological polar surface area (TPSA) is 40.8 Å². The first-order chi connectivity index (χ1) is 13.4. The number of fused-ring (bicyclic) bond motifs is 3. The lowest BCUT2D eigenvalue weighted by atomic mass is 9.91. The quantitative estimate of drug-likeness (QED) is 0.431. The number of aryl methyl sites for hydroxylation is 3. The minimum atomic E-state index is 0.458. The van der Waals surface area contributed by atoms with Crippen LogP contribution in [-0.2, 0) is 13.5 Å². The van der Waals surface area contributed by atoms with Crippen LogP contribution in [0.2, 0.25) is 0 Å². The SMILES string of the molecule is Cc1ccc2c(oc3c(C)cc(C#N)c(CC(C)C)c32)c1-c1cccc[n+]1C. The molecule has 0 aliphatic rings. The Bertz CT molecular complexity index is 1260. The van der Waals surface area contributed by atoms with Gasteiger partial charge in [-0.05, 0) is 55.0 Å². The summed E-state index contributed by atoms with van der Waals surface area (Å²) in [5, 5.41) is 11.9. The van der Waals surface area contributed by atoms with E-state index in [0.29, 0.717) is 5.92 Å². The first kappa shape index (κ1) is 18.3. The Morgan fingerprint density at radius 3 is 2.54 bits per heavy atom. The van der Waals surface area contributed by atoms with Gasteiger partial charge in [-0.15, -0.1) is 0 Å². The monoisotopic (exact) mass is 369 g/mol. The molecule has 3 heteroatoms. The summed E-state index contributed by atoms with van der Waals surface area (Å²) >= 11 is 0. The number of rotatable bonds is 3. The van der Waals surface area contributed by atoms with Gasteiger partial charge in [0.25, 0.3) is 0 Å². The Labute approximate surface area is 165 Å². The minimum Gasteiger partial charge on any atom is -0.455 e. The van der Waals surface area contributed by atoms with Crippen LogP contribution in [0.4, 0.5) is 0 Å². The Hall–Kier alpha value is -3.12. The van der Waals surface area contributed by atoms with Gasteiger partial charge < -0.3 is 4.42 Å². The lowest BCUT2D eigenvalue weighted by molar-refractivity contribution is -0.660. The molecule has 0 amide bonds. The van der Waals surface area contributed by atoms with Crippen LogP contribution in [0.3, 0.4) is 0 Å². The second kappa shape index (κ2) is 6.80. The van der Waals surface area contributed by atoms with E-state index < -0.39 is 0 Å². The van der Waals surface area contributed by atoms with E-state index in [2.05, 4.69) is 68.9 Å². The summed E-state index contributed by atoms with van der Waals surface area (Å²) < 4.78 is 8.63. The summed E-state index contributed by atoms with van der Waals surface area (Å²) in [6, 6.07) is 14.9. The molecule has 4 aromatic rings. The summed E-state index contributed by atoms with van der Waals surface area (Å²) in [4.78, 5) is 0. The van der Waals surface area contributed by atoms with Crippen molar-refractivity contribution in [3.05, 3.63) is 64.8 Å². The van der Waals surface area contributed by atoms with Crippen molar-refractivity contribution >= 4 is 21.9 Å². The molecular formula is C25H25N2O+. The molecule has 0 saturated heterocycles. The molecule has 3 nitrogen and oxygen atoms in total. The number of hydrogen-bond acceptors (Lipinski definition) is 2. The van der Waals surface area contributed by atoms with Crippen LogP contribution in [0.1, 0.15) is 36.1 Å². The number of aromatic nitrogens is 1. The van der Waals surface area contributed by atoms with Gasteiger partial charge in [0.1, 0.15) is 18.2 Å². The van der Waals surface area contributed by atoms with Crippen molar-refractivity contribution < 1.29 is 8.98 Å². The van der Waals surface area contributed by atoms with Crippen molar-refractivity contribution in [2.45, 2.75) is 34.1 Å². The molecule has 2 aromatic heterocycles. The zero-order chi connectivity index (χ0) is 20.0. The summed E-state index contributed by atoms with van der Waals surface area (Å²) in [5.74, 6) is 0.458. The smallest absolute Gasteiger partial charge is 0.216 e. The number of pyridine rings is 1. The van der Waals surface area contributed by atoms with Crippen LogP contribution >= 0.6 is 0 Å². The first-order valence-electron chi connectivity index (χ1n) is 9.75. The molecule has 0 saturated carbocycles. The first-order valence-corrected chi connectivity index (χ1v) is 9.75. The van der Waals surface area contributed by atoms with Crippen molar-refractivity contribution in [3.8, 4) is 17.3 Å². The Morgan fingerprint density at radius 1 is 1.07 bits per heavy atom. The van der Waals surface area contributed by atoms with E-state index in [0.717, 1.165) is 56.3 Å². The Balaban J connectivity index is 2.18. The standard InChI is InChI=1S/C25H25N2O/c1-15(2)12-20-18(14-26)13-17(4)24-23(20)19-10-9-16(3)22(25(19)28-24)21-8-6-7-11-27(21)5/h6-11,13,15H,12H2,1-5H3/q+1. The van der Waals surface area contributed by atoms with Crippen LogP contribution in [0.15, 0.2) is 47.0 Å². The van der Waals surface area contributed by atoms with E-state index >= 15 is 0 Å². The van der Waals surface area contributed by atoms with Gasteiger partial charge in [0.15, 0.2) is 6.20 Å².